The molecule has 0 spiro atoms. The molecule has 152 valence electrons. The van der Waals surface area contributed by atoms with Crippen LogP contribution in [0.5, 0.6) is 0 Å². The smallest absolute Gasteiger partial charge is 0.0603 e. The maximum Gasteiger partial charge on any atom is 0.0603 e. The van der Waals surface area contributed by atoms with Crippen LogP contribution in [0.3, 0.4) is 0 Å². The topological polar surface area (TPSA) is 40.5 Å². The maximum absolute atomic E-state index is 10.5. The van der Waals surface area contributed by atoms with Gasteiger partial charge in [-0.1, -0.05) is 71.0 Å². The predicted octanol–water partition coefficient (Wildman–Crippen LogP) is 5.42. The van der Waals surface area contributed by atoms with Crippen molar-refractivity contribution >= 4 is 13.2 Å². The van der Waals surface area contributed by atoms with Crippen LogP contribution in [-0.4, -0.2) is 35.2 Å². The molecule has 1 aliphatic carbocycles. The summed E-state index contributed by atoms with van der Waals surface area (Å²) in [6.07, 6.45) is 7.82. The molecule has 0 fully saturated rings. The van der Waals surface area contributed by atoms with Crippen molar-refractivity contribution in [3.63, 3.8) is 0 Å². The molecule has 2 aromatic rings. The van der Waals surface area contributed by atoms with Crippen molar-refractivity contribution in [1.82, 2.24) is 0 Å². The van der Waals surface area contributed by atoms with Crippen LogP contribution in [0.4, 0.5) is 0 Å². The Labute approximate surface area is 171 Å². The van der Waals surface area contributed by atoms with E-state index < -0.39 is 6.10 Å². The van der Waals surface area contributed by atoms with Gasteiger partial charge in [0.15, 0.2) is 0 Å². The molecule has 0 bridgehead atoms. The average Bonchev–Trinajstić information content (AvgIpc) is 3.08. The molecule has 3 rings (SSSR count). The Morgan fingerprint density at radius 1 is 0.964 bits per heavy atom. The number of fused-ring (bicyclic) bond motifs is 3. The molecule has 2 unspecified atom stereocenters. The highest BCUT2D eigenvalue weighted by molar-refractivity contribution is 7.65. The third-order valence-electron chi connectivity index (χ3n) is 6.06. The van der Waals surface area contributed by atoms with Gasteiger partial charge in [0.2, 0.25) is 0 Å². The molecule has 0 radical (unpaired) electrons. The molecular weight excluding hydrogens is 363 g/mol. The van der Waals surface area contributed by atoms with Gasteiger partial charge in [0.25, 0.3) is 0 Å². The molecule has 0 aromatic heterocycles. The third kappa shape index (κ3) is 4.35. The van der Waals surface area contributed by atoms with Crippen molar-refractivity contribution in [3.8, 4) is 11.1 Å². The first kappa shape index (κ1) is 21.5. The lowest BCUT2D eigenvalue weighted by Gasteiger charge is -2.29. The van der Waals surface area contributed by atoms with Gasteiger partial charge in [0.1, 0.15) is 0 Å². The Bertz CT molecular complexity index is 776. The van der Waals surface area contributed by atoms with Crippen LogP contribution in [0.2, 0.25) is 0 Å². The summed E-state index contributed by atoms with van der Waals surface area (Å²) in [4.78, 5) is 0. The second kappa shape index (κ2) is 10.0. The van der Waals surface area contributed by atoms with E-state index in [0.717, 1.165) is 6.42 Å². The highest BCUT2D eigenvalue weighted by atomic mass is 31.1. The van der Waals surface area contributed by atoms with Gasteiger partial charge in [-0.05, 0) is 71.6 Å². The van der Waals surface area contributed by atoms with Gasteiger partial charge in [-0.15, -0.1) is 0 Å². The van der Waals surface area contributed by atoms with Crippen LogP contribution in [-0.2, 0) is 6.42 Å². The van der Waals surface area contributed by atoms with Gasteiger partial charge in [-0.25, -0.2) is 0 Å². The minimum atomic E-state index is -0.548. The standard InChI is InChI=1S/C25H35O2P/c1-4-6-14-28(15-7-5-2)24-13-12-21-20-11-9-8-10-19(20)16-22(21)25(24)23(17-26)18(3)27/h8-13,18,23,26-27H,4-7,14-17H2,1-3H3. The lowest BCUT2D eigenvalue weighted by Crippen LogP contribution is -2.27. The lowest BCUT2D eigenvalue weighted by molar-refractivity contribution is 0.121. The summed E-state index contributed by atoms with van der Waals surface area (Å²) in [7, 11) is -0.256. The molecule has 2 nitrogen and oxygen atoms in total. The SMILES string of the molecule is CCCCP(CCCC)c1ccc2c(c1C(CO)C(C)O)Cc1ccccc1-2. The van der Waals surface area contributed by atoms with Crippen molar-refractivity contribution < 1.29 is 10.2 Å². The monoisotopic (exact) mass is 398 g/mol. The summed E-state index contributed by atoms with van der Waals surface area (Å²) < 4.78 is 0. The zero-order valence-corrected chi connectivity index (χ0v) is 18.5. The minimum Gasteiger partial charge on any atom is -0.396 e. The number of hydrogen-bond donors (Lipinski definition) is 2. The van der Waals surface area contributed by atoms with E-state index in [2.05, 4.69) is 50.2 Å². The third-order valence-corrected chi connectivity index (χ3v) is 8.85. The van der Waals surface area contributed by atoms with Crippen LogP contribution in [0.15, 0.2) is 36.4 Å². The van der Waals surface area contributed by atoms with Gasteiger partial charge < -0.3 is 10.2 Å². The minimum absolute atomic E-state index is 0.00218. The van der Waals surface area contributed by atoms with Crippen LogP contribution < -0.4 is 5.30 Å². The Hall–Kier alpha value is -1.21. The molecule has 28 heavy (non-hydrogen) atoms. The molecule has 1 aliphatic rings. The van der Waals surface area contributed by atoms with Crippen molar-refractivity contribution in [2.75, 3.05) is 18.9 Å². The van der Waals surface area contributed by atoms with E-state index in [0.29, 0.717) is 0 Å². The van der Waals surface area contributed by atoms with Crippen molar-refractivity contribution in [1.29, 1.82) is 0 Å². The highest BCUT2D eigenvalue weighted by Gasteiger charge is 2.30. The maximum atomic E-state index is 10.5. The van der Waals surface area contributed by atoms with Gasteiger partial charge >= 0.3 is 0 Å². The largest absolute Gasteiger partial charge is 0.396 e. The van der Waals surface area contributed by atoms with E-state index >= 15 is 0 Å². The molecule has 0 amide bonds. The first-order valence-corrected chi connectivity index (χ1v) is 12.6. The molecule has 0 saturated carbocycles. The molecule has 0 saturated heterocycles. The summed E-state index contributed by atoms with van der Waals surface area (Å²) in [5.41, 5.74) is 6.58. The first-order chi connectivity index (χ1) is 13.6. The zero-order chi connectivity index (χ0) is 20.1. The molecule has 3 heteroatoms. The molecule has 0 heterocycles. The summed E-state index contributed by atoms with van der Waals surface area (Å²) >= 11 is 0. The number of aliphatic hydroxyl groups is 2. The van der Waals surface area contributed by atoms with Crippen LogP contribution in [0.1, 0.15) is 69.1 Å². The molecular formula is C25H35O2P. The van der Waals surface area contributed by atoms with Gasteiger partial charge in [-0.3, -0.25) is 0 Å². The van der Waals surface area contributed by atoms with E-state index in [1.165, 1.54) is 71.1 Å². The van der Waals surface area contributed by atoms with Gasteiger partial charge in [0.05, 0.1) is 12.7 Å². The number of hydrogen-bond acceptors (Lipinski definition) is 2. The van der Waals surface area contributed by atoms with E-state index in [1.807, 2.05) is 6.92 Å². The fourth-order valence-electron chi connectivity index (χ4n) is 4.45. The number of benzene rings is 2. The van der Waals surface area contributed by atoms with Crippen LogP contribution >= 0.6 is 7.92 Å². The van der Waals surface area contributed by atoms with Crippen molar-refractivity contribution in [2.24, 2.45) is 0 Å². The summed E-state index contributed by atoms with van der Waals surface area (Å²) in [6.45, 7) is 6.36. The summed E-state index contributed by atoms with van der Waals surface area (Å²) in [5, 5.41) is 22.2. The highest BCUT2D eigenvalue weighted by Crippen LogP contribution is 2.46. The Morgan fingerprint density at radius 2 is 1.64 bits per heavy atom. The second-order valence-electron chi connectivity index (χ2n) is 8.08. The molecule has 2 N–H and O–H groups in total. The number of aliphatic hydroxyl groups excluding tert-OH is 2. The second-order valence-corrected chi connectivity index (χ2v) is 10.5. The van der Waals surface area contributed by atoms with Crippen LogP contribution in [0, 0.1) is 0 Å². The predicted molar refractivity (Wildman–Crippen MR) is 122 cm³/mol. The molecule has 2 atom stereocenters. The normalized spacial score (nSPS) is 14.8. The Morgan fingerprint density at radius 3 is 2.25 bits per heavy atom. The lowest BCUT2D eigenvalue weighted by atomic mass is 9.88. The quantitative estimate of drug-likeness (QED) is 0.448. The van der Waals surface area contributed by atoms with Crippen molar-refractivity contribution in [3.05, 3.63) is 53.1 Å². The van der Waals surface area contributed by atoms with Crippen molar-refractivity contribution in [2.45, 2.75) is 64.9 Å². The Kier molecular flexibility index (Phi) is 7.69. The zero-order valence-electron chi connectivity index (χ0n) is 17.6. The van der Waals surface area contributed by atoms with Crippen LogP contribution in [0.25, 0.3) is 11.1 Å². The molecule has 0 aliphatic heterocycles. The van der Waals surface area contributed by atoms with E-state index in [1.54, 1.807) is 0 Å². The van der Waals surface area contributed by atoms with E-state index in [4.69, 9.17) is 0 Å². The molecule has 2 aromatic carbocycles. The Balaban J connectivity index is 2.13. The number of unbranched alkanes of at least 4 members (excludes halogenated alkanes) is 2. The summed E-state index contributed by atoms with van der Waals surface area (Å²) in [5.74, 6) is -0.201. The van der Waals surface area contributed by atoms with Gasteiger partial charge in [-0.2, -0.15) is 0 Å². The summed E-state index contributed by atoms with van der Waals surface area (Å²) in [6, 6.07) is 13.3. The average molecular weight is 399 g/mol. The fraction of sp³-hybridized carbons (Fsp3) is 0.520. The van der Waals surface area contributed by atoms with E-state index in [-0.39, 0.29) is 20.4 Å². The first-order valence-electron chi connectivity index (χ1n) is 10.9. The van der Waals surface area contributed by atoms with E-state index in [9.17, 15) is 10.2 Å². The number of rotatable bonds is 10. The van der Waals surface area contributed by atoms with Gasteiger partial charge in [0, 0.05) is 5.92 Å². The fourth-order valence-corrected chi connectivity index (χ4v) is 7.48.